The zero-order valence-electron chi connectivity index (χ0n) is 13.7. The number of nitrogens with zero attached hydrogens (tertiary/aromatic N) is 1. The van der Waals surface area contributed by atoms with Crippen LogP contribution in [-0.4, -0.2) is 37.1 Å². The number of carbonyl (C=O) groups excluding carboxylic acids is 1. The highest BCUT2D eigenvalue weighted by Gasteiger charge is 2.31. The van der Waals surface area contributed by atoms with Gasteiger partial charge in [-0.1, -0.05) is 32.0 Å². The average molecular weight is 305 g/mol. The molecule has 2 rings (SSSR count). The van der Waals surface area contributed by atoms with Crippen LogP contribution in [0.4, 0.5) is 0 Å². The Kier molecular flexibility index (Phi) is 5.50. The molecule has 1 aromatic rings. The zero-order chi connectivity index (χ0) is 15.5. The van der Waals surface area contributed by atoms with Gasteiger partial charge in [0.1, 0.15) is 5.78 Å². The molecule has 0 aromatic heterocycles. The molecule has 0 amide bonds. The van der Waals surface area contributed by atoms with Crippen molar-refractivity contribution >= 4 is 17.5 Å². The number of hydrogen-bond acceptors (Lipinski definition) is 3. The monoisotopic (exact) mass is 305 g/mol. The van der Waals surface area contributed by atoms with Gasteiger partial charge in [-0.25, -0.2) is 0 Å². The van der Waals surface area contributed by atoms with E-state index in [4.69, 9.17) is 0 Å². The molecule has 0 saturated carbocycles. The Morgan fingerprint density at radius 3 is 2.76 bits per heavy atom. The highest BCUT2D eigenvalue weighted by atomic mass is 32.2. The summed E-state index contributed by atoms with van der Waals surface area (Å²) in [5, 5.41) is 0. The standard InChI is InChI=1S/C18H27NOS/c1-18(2,15-9-5-6-10-17(15)21-4)12-16(20)14-8-7-11-19(3)13-14/h5-6,9-10,14H,7-8,11-13H2,1-4H3/t14-/m0/s1. The van der Waals surface area contributed by atoms with Crippen LogP contribution in [0.1, 0.15) is 38.7 Å². The van der Waals surface area contributed by atoms with E-state index in [0.29, 0.717) is 12.2 Å². The van der Waals surface area contributed by atoms with E-state index < -0.39 is 0 Å². The molecule has 3 heteroatoms. The van der Waals surface area contributed by atoms with Crippen LogP contribution in [0, 0.1) is 5.92 Å². The minimum atomic E-state index is -0.0906. The Morgan fingerprint density at radius 2 is 2.10 bits per heavy atom. The Hall–Kier alpha value is -0.800. The van der Waals surface area contributed by atoms with Crippen molar-refractivity contribution in [1.82, 2.24) is 4.90 Å². The number of benzene rings is 1. The highest BCUT2D eigenvalue weighted by molar-refractivity contribution is 7.98. The fraction of sp³-hybridized carbons (Fsp3) is 0.611. The van der Waals surface area contributed by atoms with E-state index in [1.54, 1.807) is 11.8 Å². The molecule has 1 atom stereocenters. The number of hydrogen-bond donors (Lipinski definition) is 0. The Balaban J connectivity index is 2.11. The molecule has 1 aliphatic rings. The SMILES string of the molecule is CSc1ccccc1C(C)(C)CC(=O)[C@H]1CCCN(C)C1. The summed E-state index contributed by atoms with van der Waals surface area (Å²) >= 11 is 1.77. The van der Waals surface area contributed by atoms with Crippen molar-refractivity contribution in [3.63, 3.8) is 0 Å². The fourth-order valence-electron chi connectivity index (χ4n) is 3.31. The van der Waals surface area contributed by atoms with E-state index in [-0.39, 0.29) is 11.3 Å². The van der Waals surface area contributed by atoms with Crippen molar-refractivity contribution in [3.8, 4) is 0 Å². The first-order valence-corrected chi connectivity index (χ1v) is 9.01. The fourth-order valence-corrected chi connectivity index (χ4v) is 4.09. The molecule has 1 fully saturated rings. The molecule has 0 bridgehead atoms. The molecule has 1 aromatic carbocycles. The largest absolute Gasteiger partial charge is 0.306 e. The predicted molar refractivity (Wildman–Crippen MR) is 91.1 cm³/mol. The topological polar surface area (TPSA) is 20.3 Å². The van der Waals surface area contributed by atoms with Crippen LogP contribution in [-0.2, 0) is 10.2 Å². The lowest BCUT2D eigenvalue weighted by molar-refractivity contribution is -0.125. The maximum absolute atomic E-state index is 12.7. The number of carbonyl (C=O) groups is 1. The van der Waals surface area contributed by atoms with Gasteiger partial charge in [-0.15, -0.1) is 11.8 Å². The first-order valence-electron chi connectivity index (χ1n) is 7.79. The van der Waals surface area contributed by atoms with Crippen LogP contribution < -0.4 is 0 Å². The lowest BCUT2D eigenvalue weighted by Crippen LogP contribution is -2.38. The second kappa shape index (κ2) is 6.97. The molecule has 116 valence electrons. The first kappa shape index (κ1) is 16.6. The van der Waals surface area contributed by atoms with E-state index in [9.17, 15) is 4.79 Å². The van der Waals surface area contributed by atoms with Crippen LogP contribution in [0.5, 0.6) is 0 Å². The Labute approximate surface area is 133 Å². The van der Waals surface area contributed by atoms with Crippen LogP contribution in [0.3, 0.4) is 0 Å². The molecule has 0 unspecified atom stereocenters. The van der Waals surface area contributed by atoms with Crippen molar-refractivity contribution < 1.29 is 4.79 Å². The number of thioether (sulfide) groups is 1. The Bertz CT molecular complexity index is 498. The van der Waals surface area contributed by atoms with Crippen LogP contribution in [0.15, 0.2) is 29.2 Å². The highest BCUT2D eigenvalue weighted by Crippen LogP contribution is 2.35. The van der Waals surface area contributed by atoms with Gasteiger partial charge in [0.2, 0.25) is 0 Å². The van der Waals surface area contributed by atoms with Gasteiger partial charge < -0.3 is 4.90 Å². The molecule has 0 radical (unpaired) electrons. The second-order valence-corrected chi connectivity index (χ2v) is 7.68. The van der Waals surface area contributed by atoms with Crippen LogP contribution >= 0.6 is 11.8 Å². The lowest BCUT2D eigenvalue weighted by atomic mass is 9.77. The number of ketones is 1. The maximum Gasteiger partial charge on any atom is 0.138 e. The first-order chi connectivity index (χ1) is 9.94. The van der Waals surface area contributed by atoms with Gasteiger partial charge in [-0.2, -0.15) is 0 Å². The molecule has 1 heterocycles. The summed E-state index contributed by atoms with van der Waals surface area (Å²) in [6, 6.07) is 8.48. The van der Waals surface area contributed by atoms with Gasteiger partial charge >= 0.3 is 0 Å². The molecule has 0 aliphatic carbocycles. The molecule has 0 spiro atoms. The lowest BCUT2D eigenvalue weighted by Gasteiger charge is -2.32. The summed E-state index contributed by atoms with van der Waals surface area (Å²) < 4.78 is 0. The van der Waals surface area contributed by atoms with Crippen molar-refractivity contribution in [3.05, 3.63) is 29.8 Å². The van der Waals surface area contributed by atoms with Crippen molar-refractivity contribution in [2.45, 2.75) is 43.4 Å². The van der Waals surface area contributed by atoms with Gasteiger partial charge in [0.15, 0.2) is 0 Å². The summed E-state index contributed by atoms with van der Waals surface area (Å²) in [7, 11) is 2.12. The third kappa shape index (κ3) is 4.10. The van der Waals surface area contributed by atoms with E-state index in [1.807, 2.05) is 0 Å². The van der Waals surface area contributed by atoms with Gasteiger partial charge in [-0.05, 0) is 49.7 Å². The molecule has 1 aliphatic heterocycles. The average Bonchev–Trinajstić information content (AvgIpc) is 2.46. The summed E-state index contributed by atoms with van der Waals surface area (Å²) in [6.45, 7) is 6.46. The van der Waals surface area contributed by atoms with Crippen LogP contribution in [0.2, 0.25) is 0 Å². The summed E-state index contributed by atoms with van der Waals surface area (Å²) in [4.78, 5) is 16.3. The predicted octanol–water partition coefficient (Wildman–Crippen LogP) is 3.99. The van der Waals surface area contributed by atoms with E-state index in [0.717, 1.165) is 25.9 Å². The quantitative estimate of drug-likeness (QED) is 0.767. The van der Waals surface area contributed by atoms with Gasteiger partial charge in [-0.3, -0.25) is 4.79 Å². The normalized spacial score (nSPS) is 20.5. The number of likely N-dealkylation sites (tertiary alicyclic amines) is 1. The van der Waals surface area contributed by atoms with Gasteiger partial charge in [0.05, 0.1) is 0 Å². The summed E-state index contributed by atoms with van der Waals surface area (Å²) in [6.07, 6.45) is 4.95. The molecule has 21 heavy (non-hydrogen) atoms. The van der Waals surface area contributed by atoms with Gasteiger partial charge in [0.25, 0.3) is 0 Å². The van der Waals surface area contributed by atoms with Crippen molar-refractivity contribution in [2.24, 2.45) is 5.92 Å². The Morgan fingerprint density at radius 1 is 1.38 bits per heavy atom. The third-order valence-corrected chi connectivity index (χ3v) is 5.33. The summed E-state index contributed by atoms with van der Waals surface area (Å²) in [5.74, 6) is 0.659. The summed E-state index contributed by atoms with van der Waals surface area (Å²) in [5.41, 5.74) is 1.21. The van der Waals surface area contributed by atoms with Gasteiger partial charge in [0, 0.05) is 23.8 Å². The number of Topliss-reactive ketones (excluding diaryl/α,β-unsaturated/α-hetero) is 1. The number of piperidine rings is 1. The van der Waals surface area contributed by atoms with Crippen LogP contribution in [0.25, 0.3) is 0 Å². The van der Waals surface area contributed by atoms with E-state index in [1.165, 1.54) is 10.5 Å². The van der Waals surface area contributed by atoms with Crippen molar-refractivity contribution in [2.75, 3.05) is 26.4 Å². The maximum atomic E-state index is 12.7. The van der Waals surface area contributed by atoms with E-state index in [2.05, 4.69) is 56.3 Å². The zero-order valence-corrected chi connectivity index (χ0v) is 14.5. The van der Waals surface area contributed by atoms with Crippen molar-refractivity contribution in [1.29, 1.82) is 0 Å². The number of rotatable bonds is 5. The smallest absolute Gasteiger partial charge is 0.138 e. The second-order valence-electron chi connectivity index (χ2n) is 6.83. The minimum Gasteiger partial charge on any atom is -0.306 e. The minimum absolute atomic E-state index is 0.0906. The molecular formula is C18H27NOS. The molecule has 1 saturated heterocycles. The van der Waals surface area contributed by atoms with E-state index >= 15 is 0 Å². The third-order valence-electron chi connectivity index (χ3n) is 4.53. The molecule has 0 N–H and O–H groups in total. The molecular weight excluding hydrogens is 278 g/mol. The molecule has 2 nitrogen and oxygen atoms in total.